The summed E-state index contributed by atoms with van der Waals surface area (Å²) in [5.74, 6) is -0.384. The van der Waals surface area contributed by atoms with E-state index in [-0.39, 0.29) is 21.5 Å². The Morgan fingerprint density at radius 2 is 2.04 bits per heavy atom. The van der Waals surface area contributed by atoms with E-state index < -0.39 is 16.7 Å². The molecule has 0 aliphatic carbocycles. The SMILES string of the molecule is O=C1NC(=S)S/C1=C/c1ccc(Sc2ccc(C(F)(F)F)cn2)c([N+](=O)[O-])c1. The number of nitro groups is 1. The zero-order valence-electron chi connectivity index (χ0n) is 13.5. The number of thioether (sulfide) groups is 1. The topological polar surface area (TPSA) is 85.1 Å². The number of nitrogens with one attached hydrogen (secondary N) is 1. The molecule has 28 heavy (non-hydrogen) atoms. The second-order valence-corrected chi connectivity index (χ2v) is 8.10. The minimum absolute atomic E-state index is 0.179. The van der Waals surface area contributed by atoms with Crippen molar-refractivity contribution >= 4 is 57.7 Å². The number of carbonyl (C=O) groups is 1. The molecule has 3 rings (SSSR count). The predicted octanol–water partition coefficient (Wildman–Crippen LogP) is 4.65. The maximum absolute atomic E-state index is 12.6. The van der Waals surface area contributed by atoms with Crippen molar-refractivity contribution in [3.63, 3.8) is 0 Å². The largest absolute Gasteiger partial charge is 0.417 e. The number of amides is 1. The summed E-state index contributed by atoms with van der Waals surface area (Å²) in [7, 11) is 0. The fourth-order valence-corrected chi connectivity index (χ4v) is 4.03. The Kier molecular flexibility index (Phi) is 5.72. The van der Waals surface area contributed by atoms with Crippen LogP contribution < -0.4 is 5.32 Å². The van der Waals surface area contributed by atoms with E-state index in [0.717, 1.165) is 35.7 Å². The Labute approximate surface area is 169 Å². The standard InChI is InChI=1S/C16H8F3N3O3S3/c17-16(18,19)9-2-4-13(20-7-9)27-11-3-1-8(5-10(11)22(24)25)6-12-14(23)21-15(26)28-12/h1-7H,(H,21,23,26)/b12-6+. The molecule has 1 aromatic heterocycles. The van der Waals surface area contributed by atoms with Crippen LogP contribution in [0.2, 0.25) is 0 Å². The number of halogens is 3. The quantitative estimate of drug-likeness (QED) is 0.319. The summed E-state index contributed by atoms with van der Waals surface area (Å²) in [5.41, 5.74) is -0.746. The van der Waals surface area contributed by atoms with Gasteiger partial charge in [-0.1, -0.05) is 41.8 Å². The van der Waals surface area contributed by atoms with Crippen LogP contribution in [0.25, 0.3) is 6.08 Å². The van der Waals surface area contributed by atoms with Crippen molar-refractivity contribution in [2.45, 2.75) is 16.1 Å². The zero-order chi connectivity index (χ0) is 20.5. The van der Waals surface area contributed by atoms with Crippen molar-refractivity contribution in [1.82, 2.24) is 10.3 Å². The molecule has 1 aromatic carbocycles. The number of carbonyl (C=O) groups excluding carboxylic acids is 1. The molecule has 0 atom stereocenters. The van der Waals surface area contributed by atoms with E-state index in [1.54, 1.807) is 6.07 Å². The van der Waals surface area contributed by atoms with E-state index in [1.807, 2.05) is 0 Å². The summed E-state index contributed by atoms with van der Waals surface area (Å²) in [6, 6.07) is 6.28. The summed E-state index contributed by atoms with van der Waals surface area (Å²) in [6.45, 7) is 0. The third-order valence-corrected chi connectivity index (χ3v) is 5.58. The fourth-order valence-electron chi connectivity index (χ4n) is 2.15. The average Bonchev–Trinajstić information content (AvgIpc) is 2.93. The van der Waals surface area contributed by atoms with Crippen LogP contribution in [0.15, 0.2) is 51.4 Å². The first kappa shape index (κ1) is 20.3. The van der Waals surface area contributed by atoms with Crippen molar-refractivity contribution in [2.24, 2.45) is 0 Å². The Hall–Kier alpha value is -2.44. The first-order valence-electron chi connectivity index (χ1n) is 7.38. The van der Waals surface area contributed by atoms with E-state index in [0.29, 0.717) is 21.0 Å². The molecule has 2 aromatic rings. The highest BCUT2D eigenvalue weighted by atomic mass is 32.2. The summed E-state index contributed by atoms with van der Waals surface area (Å²) >= 11 is 6.80. The van der Waals surface area contributed by atoms with Gasteiger partial charge < -0.3 is 5.32 Å². The maximum Gasteiger partial charge on any atom is 0.417 e. The number of pyridine rings is 1. The van der Waals surface area contributed by atoms with Crippen LogP contribution in [-0.2, 0) is 11.0 Å². The molecular weight excluding hydrogens is 435 g/mol. The van der Waals surface area contributed by atoms with Crippen LogP contribution in [0.1, 0.15) is 11.1 Å². The summed E-state index contributed by atoms with van der Waals surface area (Å²) < 4.78 is 38.1. The Morgan fingerprint density at radius 3 is 2.57 bits per heavy atom. The average molecular weight is 443 g/mol. The molecule has 0 saturated carbocycles. The molecule has 1 aliphatic heterocycles. The molecule has 0 radical (unpaired) electrons. The van der Waals surface area contributed by atoms with Gasteiger partial charge in [0.15, 0.2) is 0 Å². The van der Waals surface area contributed by atoms with Crippen molar-refractivity contribution < 1.29 is 22.9 Å². The Morgan fingerprint density at radius 1 is 1.29 bits per heavy atom. The third-order valence-electron chi connectivity index (χ3n) is 3.40. The van der Waals surface area contributed by atoms with Gasteiger partial charge in [0.05, 0.1) is 20.3 Å². The van der Waals surface area contributed by atoms with Crippen LogP contribution in [0.5, 0.6) is 0 Å². The van der Waals surface area contributed by atoms with Crippen LogP contribution in [0, 0.1) is 10.1 Å². The molecule has 1 fully saturated rings. The van der Waals surface area contributed by atoms with Crippen molar-refractivity contribution in [2.75, 3.05) is 0 Å². The second-order valence-electron chi connectivity index (χ2n) is 5.32. The van der Waals surface area contributed by atoms with Gasteiger partial charge in [0, 0.05) is 12.3 Å². The third kappa shape index (κ3) is 4.69. The van der Waals surface area contributed by atoms with E-state index in [9.17, 15) is 28.1 Å². The molecule has 1 saturated heterocycles. The predicted molar refractivity (Wildman–Crippen MR) is 103 cm³/mol. The van der Waals surface area contributed by atoms with Gasteiger partial charge in [-0.2, -0.15) is 13.2 Å². The molecule has 1 aliphatic rings. The normalized spacial score (nSPS) is 15.8. The van der Waals surface area contributed by atoms with Gasteiger partial charge >= 0.3 is 6.18 Å². The first-order valence-corrected chi connectivity index (χ1v) is 9.42. The fraction of sp³-hybridized carbons (Fsp3) is 0.0625. The number of nitro benzene ring substituents is 1. The zero-order valence-corrected chi connectivity index (χ0v) is 16.0. The van der Waals surface area contributed by atoms with Gasteiger partial charge in [-0.05, 0) is 29.8 Å². The number of hydrogen-bond acceptors (Lipinski definition) is 7. The molecule has 0 unspecified atom stereocenters. The number of hydrogen-bond donors (Lipinski definition) is 1. The lowest BCUT2D eigenvalue weighted by Crippen LogP contribution is -2.17. The number of aromatic nitrogens is 1. The maximum atomic E-state index is 12.6. The highest BCUT2D eigenvalue weighted by Gasteiger charge is 2.30. The van der Waals surface area contributed by atoms with Crippen molar-refractivity contribution in [3.05, 3.63) is 62.7 Å². The smallest absolute Gasteiger partial charge is 0.307 e. The Bertz CT molecular complexity index is 1010. The number of nitrogens with zero attached hydrogens (tertiary/aromatic N) is 2. The number of rotatable bonds is 4. The monoisotopic (exact) mass is 443 g/mol. The molecule has 1 amide bonds. The van der Waals surface area contributed by atoms with Crippen LogP contribution in [-0.4, -0.2) is 20.1 Å². The molecule has 0 spiro atoms. The molecule has 0 bridgehead atoms. The molecule has 6 nitrogen and oxygen atoms in total. The lowest BCUT2D eigenvalue weighted by Gasteiger charge is -2.07. The molecule has 2 heterocycles. The molecule has 144 valence electrons. The van der Waals surface area contributed by atoms with E-state index in [4.69, 9.17) is 12.2 Å². The minimum atomic E-state index is -4.51. The lowest BCUT2D eigenvalue weighted by molar-refractivity contribution is -0.387. The van der Waals surface area contributed by atoms with E-state index in [2.05, 4.69) is 10.3 Å². The number of alkyl halides is 3. The van der Waals surface area contributed by atoms with Gasteiger partial charge in [-0.3, -0.25) is 14.9 Å². The van der Waals surface area contributed by atoms with E-state index in [1.165, 1.54) is 18.2 Å². The second kappa shape index (κ2) is 7.89. The first-order chi connectivity index (χ1) is 13.1. The number of benzene rings is 1. The molecule has 1 N–H and O–H groups in total. The van der Waals surface area contributed by atoms with Gasteiger partial charge in [-0.25, -0.2) is 4.98 Å². The molecular formula is C16H8F3N3O3S3. The van der Waals surface area contributed by atoms with E-state index >= 15 is 0 Å². The van der Waals surface area contributed by atoms with Gasteiger partial charge in [0.1, 0.15) is 9.35 Å². The van der Waals surface area contributed by atoms with Gasteiger partial charge in [0.2, 0.25) is 0 Å². The van der Waals surface area contributed by atoms with Crippen molar-refractivity contribution in [3.8, 4) is 0 Å². The van der Waals surface area contributed by atoms with Gasteiger partial charge in [0.25, 0.3) is 11.6 Å². The van der Waals surface area contributed by atoms with Crippen LogP contribution in [0.4, 0.5) is 18.9 Å². The summed E-state index contributed by atoms with van der Waals surface area (Å²) in [5, 5.41) is 14.0. The lowest BCUT2D eigenvalue weighted by atomic mass is 10.2. The van der Waals surface area contributed by atoms with Crippen LogP contribution in [0.3, 0.4) is 0 Å². The van der Waals surface area contributed by atoms with Gasteiger partial charge in [-0.15, -0.1) is 0 Å². The van der Waals surface area contributed by atoms with Crippen LogP contribution >= 0.6 is 35.7 Å². The number of thiocarbonyl (C=S) groups is 1. The summed E-state index contributed by atoms with van der Waals surface area (Å²) in [6.07, 6.45) is -2.37. The molecule has 12 heteroatoms. The minimum Gasteiger partial charge on any atom is -0.307 e. The highest BCUT2D eigenvalue weighted by molar-refractivity contribution is 8.26. The Balaban J connectivity index is 1.88. The van der Waals surface area contributed by atoms with Crippen molar-refractivity contribution in [1.29, 1.82) is 0 Å². The summed E-state index contributed by atoms with van der Waals surface area (Å²) in [4.78, 5) is 26.7. The highest BCUT2D eigenvalue weighted by Crippen LogP contribution is 2.37.